The Balaban J connectivity index is 0.00000341. The van der Waals surface area contributed by atoms with Crippen molar-refractivity contribution < 1.29 is 38.0 Å². The number of rotatable bonds is 6. The SMILES string of the molecule is C[N+]1(CCCN2CCN(C(=O)C=Cc3ccc(Cl)c(Cl)c3)CCC2=O)CCCCC1.[I-]. The van der Waals surface area contributed by atoms with Crippen molar-refractivity contribution in [2.75, 3.05) is 52.9 Å². The van der Waals surface area contributed by atoms with Crippen molar-refractivity contribution in [2.45, 2.75) is 32.1 Å². The van der Waals surface area contributed by atoms with Crippen LogP contribution in [0.1, 0.15) is 37.7 Å². The number of hydrogen-bond donors (Lipinski definition) is 0. The lowest BCUT2D eigenvalue weighted by molar-refractivity contribution is -0.914. The molecule has 0 bridgehead atoms. The maximum absolute atomic E-state index is 12.6. The fourth-order valence-electron chi connectivity index (χ4n) is 4.36. The number of quaternary nitrogens is 1. The summed E-state index contributed by atoms with van der Waals surface area (Å²) in [6.45, 7) is 6.06. The maximum Gasteiger partial charge on any atom is 0.246 e. The van der Waals surface area contributed by atoms with Gasteiger partial charge < -0.3 is 38.3 Å². The van der Waals surface area contributed by atoms with E-state index in [1.54, 1.807) is 29.2 Å². The summed E-state index contributed by atoms with van der Waals surface area (Å²) in [5.74, 6) is 0.0714. The molecule has 0 radical (unpaired) electrons. The van der Waals surface area contributed by atoms with Gasteiger partial charge in [0.2, 0.25) is 11.8 Å². The monoisotopic (exact) mass is 579 g/mol. The lowest BCUT2D eigenvalue weighted by Gasteiger charge is -2.38. The third kappa shape index (κ3) is 7.91. The summed E-state index contributed by atoms with van der Waals surface area (Å²) in [5, 5.41) is 0.950. The molecule has 0 spiro atoms. The second kappa shape index (κ2) is 12.4. The zero-order valence-electron chi connectivity index (χ0n) is 18.2. The highest BCUT2D eigenvalue weighted by molar-refractivity contribution is 6.42. The van der Waals surface area contributed by atoms with Crippen molar-refractivity contribution in [1.82, 2.24) is 9.80 Å². The van der Waals surface area contributed by atoms with E-state index in [0.29, 0.717) is 36.1 Å². The van der Waals surface area contributed by atoms with E-state index in [0.717, 1.165) is 29.6 Å². The third-order valence-corrected chi connectivity index (χ3v) is 7.02. The number of carbonyl (C=O) groups is 2. The minimum Gasteiger partial charge on any atom is -1.00 e. The summed E-state index contributed by atoms with van der Waals surface area (Å²) in [5.41, 5.74) is 0.819. The van der Waals surface area contributed by atoms with Gasteiger partial charge in [0.25, 0.3) is 0 Å². The van der Waals surface area contributed by atoms with Crippen LogP contribution in [0.2, 0.25) is 10.0 Å². The lowest BCUT2D eigenvalue weighted by Crippen LogP contribution is -3.00. The van der Waals surface area contributed by atoms with Crippen LogP contribution in [0.4, 0.5) is 0 Å². The molecule has 0 unspecified atom stereocenters. The van der Waals surface area contributed by atoms with Crippen LogP contribution in [-0.2, 0) is 9.59 Å². The first kappa shape index (κ1) is 26.4. The van der Waals surface area contributed by atoms with Crippen LogP contribution < -0.4 is 24.0 Å². The molecule has 0 aromatic heterocycles. The number of benzene rings is 1. The predicted molar refractivity (Wildman–Crippen MR) is 123 cm³/mol. The van der Waals surface area contributed by atoms with Gasteiger partial charge in [0.05, 0.1) is 36.7 Å². The van der Waals surface area contributed by atoms with Gasteiger partial charge in [0.1, 0.15) is 0 Å². The second-order valence-electron chi connectivity index (χ2n) is 8.67. The van der Waals surface area contributed by atoms with Crippen molar-refractivity contribution in [2.24, 2.45) is 0 Å². The van der Waals surface area contributed by atoms with Gasteiger partial charge in [-0.25, -0.2) is 0 Å². The quantitative estimate of drug-likeness (QED) is 0.288. The van der Waals surface area contributed by atoms with E-state index in [1.807, 2.05) is 11.0 Å². The molecule has 0 N–H and O–H groups in total. The fourth-order valence-corrected chi connectivity index (χ4v) is 4.66. The second-order valence-corrected chi connectivity index (χ2v) is 9.48. The van der Waals surface area contributed by atoms with Gasteiger partial charge in [0.15, 0.2) is 0 Å². The Morgan fingerprint density at radius 3 is 2.55 bits per heavy atom. The summed E-state index contributed by atoms with van der Waals surface area (Å²) in [7, 11) is 2.34. The first-order valence-electron chi connectivity index (χ1n) is 10.9. The molecule has 2 saturated heterocycles. The Morgan fingerprint density at radius 1 is 1.10 bits per heavy atom. The number of piperidine rings is 1. The summed E-state index contributed by atoms with van der Waals surface area (Å²) >= 11 is 12.0. The minimum atomic E-state index is -0.0814. The highest BCUT2D eigenvalue weighted by Crippen LogP contribution is 2.23. The Morgan fingerprint density at radius 2 is 1.84 bits per heavy atom. The van der Waals surface area contributed by atoms with Gasteiger partial charge >= 0.3 is 0 Å². The number of likely N-dealkylation sites (tertiary alicyclic amines) is 1. The van der Waals surface area contributed by atoms with E-state index in [4.69, 9.17) is 23.2 Å². The summed E-state index contributed by atoms with van der Waals surface area (Å²) < 4.78 is 1.13. The molecule has 1 aromatic rings. The van der Waals surface area contributed by atoms with Crippen LogP contribution in [0, 0.1) is 0 Å². The van der Waals surface area contributed by atoms with Crippen molar-refractivity contribution in [3.63, 3.8) is 0 Å². The number of carbonyl (C=O) groups excluding carboxylic acids is 2. The lowest BCUT2D eigenvalue weighted by atomic mass is 10.1. The first-order chi connectivity index (χ1) is 14.4. The summed E-state index contributed by atoms with van der Waals surface area (Å²) in [6, 6.07) is 5.26. The normalized spacial score (nSPS) is 19.3. The Hall–Kier alpha value is -0.830. The van der Waals surface area contributed by atoms with Crippen LogP contribution in [0.25, 0.3) is 6.08 Å². The molecule has 2 aliphatic rings. The van der Waals surface area contributed by atoms with Crippen molar-refractivity contribution in [3.05, 3.63) is 39.9 Å². The molecule has 2 heterocycles. The standard InChI is InChI=1S/C23H32Cl2N3O2.HI/c1-28(15-3-2-4-16-28)17-5-11-26-13-14-27(12-10-23(26)30)22(29)9-7-19-6-8-20(24)21(25)18-19;/h6-9,18H,2-5,10-17H2,1H3;1H/q+1;/p-1. The first-order valence-corrected chi connectivity index (χ1v) is 11.7. The molecule has 31 heavy (non-hydrogen) atoms. The molecule has 172 valence electrons. The molecule has 5 nitrogen and oxygen atoms in total. The molecular formula is C23H32Cl2IN3O2. The minimum absolute atomic E-state index is 0. The average Bonchev–Trinajstić information content (AvgIpc) is 2.91. The molecule has 8 heteroatoms. The van der Waals surface area contributed by atoms with Gasteiger partial charge in [-0.05, 0) is 43.0 Å². The van der Waals surface area contributed by atoms with Crippen LogP contribution >= 0.6 is 23.2 Å². The van der Waals surface area contributed by atoms with E-state index >= 15 is 0 Å². The highest BCUT2D eigenvalue weighted by atomic mass is 127. The molecule has 0 aliphatic carbocycles. The molecule has 0 atom stereocenters. The van der Waals surface area contributed by atoms with Gasteiger partial charge in [-0.2, -0.15) is 0 Å². The van der Waals surface area contributed by atoms with E-state index in [2.05, 4.69) is 7.05 Å². The van der Waals surface area contributed by atoms with Crippen LogP contribution in [0.5, 0.6) is 0 Å². The zero-order chi connectivity index (χ0) is 21.6. The zero-order valence-corrected chi connectivity index (χ0v) is 21.8. The number of amides is 2. The summed E-state index contributed by atoms with van der Waals surface area (Å²) in [6.07, 6.45) is 8.66. The fraction of sp³-hybridized carbons (Fsp3) is 0.565. The Labute approximate surface area is 212 Å². The van der Waals surface area contributed by atoms with Gasteiger partial charge in [-0.3, -0.25) is 9.59 Å². The average molecular weight is 580 g/mol. The highest BCUT2D eigenvalue weighted by Gasteiger charge is 2.26. The van der Waals surface area contributed by atoms with Crippen LogP contribution in [0.15, 0.2) is 24.3 Å². The predicted octanol–water partition coefficient (Wildman–Crippen LogP) is 1.09. The maximum atomic E-state index is 12.6. The molecular weight excluding hydrogens is 548 g/mol. The molecule has 2 amide bonds. The summed E-state index contributed by atoms with van der Waals surface area (Å²) in [4.78, 5) is 28.8. The number of hydrogen-bond acceptors (Lipinski definition) is 2. The van der Waals surface area contributed by atoms with Crippen LogP contribution in [0.3, 0.4) is 0 Å². The van der Waals surface area contributed by atoms with Crippen LogP contribution in [-0.4, -0.2) is 79.0 Å². The van der Waals surface area contributed by atoms with E-state index in [1.165, 1.54) is 32.4 Å². The molecule has 2 fully saturated rings. The number of nitrogens with zero attached hydrogens (tertiary/aromatic N) is 3. The van der Waals surface area contributed by atoms with Crippen molar-refractivity contribution in [3.8, 4) is 0 Å². The Kier molecular flexibility index (Phi) is 10.6. The van der Waals surface area contributed by atoms with Gasteiger partial charge in [-0.15, -0.1) is 0 Å². The molecule has 0 saturated carbocycles. The van der Waals surface area contributed by atoms with E-state index < -0.39 is 0 Å². The molecule has 1 aromatic carbocycles. The van der Waals surface area contributed by atoms with Crippen molar-refractivity contribution in [1.29, 1.82) is 0 Å². The van der Waals surface area contributed by atoms with Gasteiger partial charge in [0, 0.05) is 45.1 Å². The van der Waals surface area contributed by atoms with Crippen molar-refractivity contribution >= 4 is 41.1 Å². The van der Waals surface area contributed by atoms with Gasteiger partial charge in [-0.1, -0.05) is 29.3 Å². The number of halogens is 3. The Bertz CT molecular complexity index is 797. The van der Waals surface area contributed by atoms with E-state index in [9.17, 15) is 9.59 Å². The third-order valence-electron chi connectivity index (χ3n) is 6.28. The smallest absolute Gasteiger partial charge is 0.246 e. The largest absolute Gasteiger partial charge is 1.00 e. The van der Waals surface area contributed by atoms with E-state index in [-0.39, 0.29) is 35.8 Å². The topological polar surface area (TPSA) is 40.6 Å². The molecule has 2 aliphatic heterocycles. The molecule has 3 rings (SSSR count).